The Kier molecular flexibility index (Phi) is 5.75. The van der Waals surface area contributed by atoms with Gasteiger partial charge in [-0.05, 0) is 82.8 Å². The average molecular weight is 333 g/mol. The molecule has 1 aliphatic rings. The van der Waals surface area contributed by atoms with Gasteiger partial charge in [0.2, 0.25) is 0 Å². The van der Waals surface area contributed by atoms with Crippen molar-refractivity contribution in [2.75, 3.05) is 25.9 Å². The van der Waals surface area contributed by atoms with Gasteiger partial charge in [-0.2, -0.15) is 0 Å². The topological polar surface area (TPSA) is 67.6 Å². The average Bonchev–Trinajstić information content (AvgIpc) is 2.61. The molecule has 1 aromatic rings. The van der Waals surface area contributed by atoms with Gasteiger partial charge in [-0.15, -0.1) is 0 Å². The van der Waals surface area contributed by atoms with E-state index in [-0.39, 0.29) is 5.91 Å². The first-order valence-corrected chi connectivity index (χ1v) is 8.75. The molecule has 1 atom stereocenters. The van der Waals surface area contributed by atoms with Gasteiger partial charge >= 0.3 is 0 Å². The van der Waals surface area contributed by atoms with Crippen LogP contribution in [0.4, 0.5) is 5.69 Å². The summed E-state index contributed by atoms with van der Waals surface area (Å²) in [7, 11) is 1.89. The number of likely N-dealkylation sites (N-methyl/N-ethyl adjacent to an activating group) is 1. The third-order valence-corrected chi connectivity index (χ3v) is 5.46. The molecule has 0 spiro atoms. The van der Waals surface area contributed by atoms with E-state index in [2.05, 4.69) is 5.32 Å². The molecule has 1 saturated heterocycles. The van der Waals surface area contributed by atoms with Gasteiger partial charge in [0.15, 0.2) is 6.10 Å². The molecule has 2 rings (SSSR count). The van der Waals surface area contributed by atoms with Crippen molar-refractivity contribution in [3.8, 4) is 5.75 Å². The van der Waals surface area contributed by atoms with E-state index in [9.17, 15) is 4.79 Å². The second-order valence-electron chi connectivity index (χ2n) is 6.93. The molecule has 5 nitrogen and oxygen atoms in total. The van der Waals surface area contributed by atoms with E-state index in [0.29, 0.717) is 6.04 Å². The van der Waals surface area contributed by atoms with Crippen molar-refractivity contribution in [3.63, 3.8) is 0 Å². The minimum absolute atomic E-state index is 0.0350. The zero-order valence-corrected chi connectivity index (χ0v) is 15.8. The predicted octanol–water partition coefficient (Wildman–Crippen LogP) is 2.48. The van der Waals surface area contributed by atoms with E-state index in [1.54, 1.807) is 0 Å². The van der Waals surface area contributed by atoms with Crippen LogP contribution in [0.2, 0.25) is 0 Å². The van der Waals surface area contributed by atoms with Gasteiger partial charge in [-0.1, -0.05) is 0 Å². The lowest BCUT2D eigenvalue weighted by Crippen LogP contribution is -2.48. The van der Waals surface area contributed by atoms with E-state index in [1.807, 2.05) is 46.6 Å². The summed E-state index contributed by atoms with van der Waals surface area (Å²) in [5, 5.41) is 3.33. The Bertz CT molecular complexity index is 593. The SMILES string of the molecule is Cc1c(C)c(OC(C)C(=O)N(C)C2CCNCC2)c(C)c(C)c1N. The molecule has 1 unspecified atom stereocenters. The molecular weight excluding hydrogens is 302 g/mol. The lowest BCUT2D eigenvalue weighted by Gasteiger charge is -2.33. The van der Waals surface area contributed by atoms with Crippen LogP contribution in [0.15, 0.2) is 0 Å². The first kappa shape index (κ1) is 18.6. The molecule has 1 aliphatic heterocycles. The summed E-state index contributed by atoms with van der Waals surface area (Å²) < 4.78 is 6.10. The molecule has 0 saturated carbocycles. The van der Waals surface area contributed by atoms with Crippen molar-refractivity contribution in [2.45, 2.75) is 59.6 Å². The summed E-state index contributed by atoms with van der Waals surface area (Å²) in [6, 6.07) is 0.293. The summed E-state index contributed by atoms with van der Waals surface area (Å²) in [6.07, 6.45) is 1.48. The van der Waals surface area contributed by atoms with Gasteiger partial charge in [-0.25, -0.2) is 0 Å². The number of anilines is 1. The zero-order valence-electron chi connectivity index (χ0n) is 15.8. The Morgan fingerprint density at radius 2 is 1.62 bits per heavy atom. The minimum Gasteiger partial charge on any atom is -0.480 e. The number of piperidine rings is 1. The highest BCUT2D eigenvalue weighted by atomic mass is 16.5. The minimum atomic E-state index is -0.510. The Balaban J connectivity index is 2.17. The Labute approximate surface area is 145 Å². The summed E-state index contributed by atoms with van der Waals surface area (Å²) in [5.74, 6) is 0.826. The maximum Gasteiger partial charge on any atom is 0.263 e. The maximum absolute atomic E-state index is 12.8. The first-order valence-electron chi connectivity index (χ1n) is 8.75. The van der Waals surface area contributed by atoms with E-state index in [1.165, 1.54) is 0 Å². The monoisotopic (exact) mass is 333 g/mol. The number of nitrogen functional groups attached to an aromatic ring is 1. The highest BCUT2D eigenvalue weighted by Gasteiger charge is 2.27. The lowest BCUT2D eigenvalue weighted by atomic mass is 9.97. The summed E-state index contributed by atoms with van der Waals surface area (Å²) in [5.41, 5.74) is 11.0. The number of hydrogen-bond acceptors (Lipinski definition) is 4. The lowest BCUT2D eigenvalue weighted by molar-refractivity contribution is -0.139. The smallest absolute Gasteiger partial charge is 0.263 e. The highest BCUT2D eigenvalue weighted by molar-refractivity contribution is 5.81. The van der Waals surface area contributed by atoms with Crippen LogP contribution in [0.1, 0.15) is 42.0 Å². The number of nitrogens with one attached hydrogen (secondary N) is 1. The van der Waals surface area contributed by atoms with Crippen molar-refractivity contribution in [1.82, 2.24) is 10.2 Å². The van der Waals surface area contributed by atoms with Crippen molar-refractivity contribution in [3.05, 3.63) is 22.3 Å². The highest BCUT2D eigenvalue weighted by Crippen LogP contribution is 2.34. The van der Waals surface area contributed by atoms with Crippen molar-refractivity contribution < 1.29 is 9.53 Å². The number of carbonyl (C=O) groups is 1. The number of rotatable bonds is 4. The molecule has 0 aliphatic carbocycles. The van der Waals surface area contributed by atoms with Crippen LogP contribution in [-0.4, -0.2) is 43.1 Å². The standard InChI is InChI=1S/C19H31N3O2/c1-11-13(3)18(14(4)12(2)17(11)20)24-15(5)19(23)22(6)16-7-9-21-10-8-16/h15-16,21H,7-10,20H2,1-6H3. The molecule has 1 heterocycles. The summed E-state index contributed by atoms with van der Waals surface area (Å²) in [6.45, 7) is 11.8. The third kappa shape index (κ3) is 3.51. The number of benzene rings is 1. The molecule has 5 heteroatoms. The second-order valence-corrected chi connectivity index (χ2v) is 6.93. The van der Waals surface area contributed by atoms with Crippen LogP contribution in [-0.2, 0) is 4.79 Å². The summed E-state index contributed by atoms with van der Waals surface area (Å²) in [4.78, 5) is 14.6. The van der Waals surface area contributed by atoms with Gasteiger partial charge < -0.3 is 20.7 Å². The van der Waals surface area contributed by atoms with Crippen LogP contribution < -0.4 is 15.8 Å². The molecule has 1 aromatic carbocycles. The van der Waals surface area contributed by atoms with Crippen LogP contribution >= 0.6 is 0 Å². The van der Waals surface area contributed by atoms with Crippen molar-refractivity contribution >= 4 is 11.6 Å². The molecule has 1 amide bonds. The fourth-order valence-corrected chi connectivity index (χ4v) is 3.37. The van der Waals surface area contributed by atoms with Crippen molar-refractivity contribution in [1.29, 1.82) is 0 Å². The third-order valence-electron chi connectivity index (χ3n) is 5.46. The number of ether oxygens (including phenoxy) is 1. The number of carbonyl (C=O) groups excluding carboxylic acids is 1. The number of amides is 1. The van der Waals surface area contributed by atoms with Gasteiger partial charge in [-0.3, -0.25) is 4.79 Å². The van der Waals surface area contributed by atoms with E-state index >= 15 is 0 Å². The fourth-order valence-electron chi connectivity index (χ4n) is 3.37. The molecule has 0 bridgehead atoms. The predicted molar refractivity (Wildman–Crippen MR) is 98.6 cm³/mol. The van der Waals surface area contributed by atoms with E-state index < -0.39 is 6.10 Å². The Hall–Kier alpha value is -1.75. The van der Waals surface area contributed by atoms with Crippen LogP contribution in [0, 0.1) is 27.7 Å². The van der Waals surface area contributed by atoms with Gasteiger partial charge in [0, 0.05) is 18.8 Å². The van der Waals surface area contributed by atoms with Gasteiger partial charge in [0.05, 0.1) is 0 Å². The van der Waals surface area contributed by atoms with Crippen molar-refractivity contribution in [2.24, 2.45) is 0 Å². The van der Waals surface area contributed by atoms with Crippen LogP contribution in [0.25, 0.3) is 0 Å². The quantitative estimate of drug-likeness (QED) is 0.831. The molecule has 134 valence electrons. The normalized spacial score (nSPS) is 16.8. The molecule has 1 fully saturated rings. The fraction of sp³-hybridized carbons (Fsp3) is 0.632. The van der Waals surface area contributed by atoms with Gasteiger partial charge in [0.25, 0.3) is 5.91 Å². The van der Waals surface area contributed by atoms with E-state index in [0.717, 1.165) is 59.6 Å². The Morgan fingerprint density at radius 1 is 1.12 bits per heavy atom. The largest absolute Gasteiger partial charge is 0.480 e. The number of hydrogen-bond donors (Lipinski definition) is 2. The van der Waals surface area contributed by atoms with Gasteiger partial charge in [0.1, 0.15) is 5.75 Å². The van der Waals surface area contributed by atoms with Crippen LogP contribution in [0.3, 0.4) is 0 Å². The maximum atomic E-state index is 12.8. The van der Waals surface area contributed by atoms with Crippen LogP contribution in [0.5, 0.6) is 5.75 Å². The summed E-state index contributed by atoms with van der Waals surface area (Å²) >= 11 is 0. The Morgan fingerprint density at radius 3 is 2.12 bits per heavy atom. The van der Waals surface area contributed by atoms with E-state index in [4.69, 9.17) is 10.5 Å². The molecular formula is C19H31N3O2. The zero-order chi connectivity index (χ0) is 18.0. The number of nitrogens with zero attached hydrogens (tertiary/aromatic N) is 1. The molecule has 0 radical (unpaired) electrons. The first-order chi connectivity index (χ1) is 11.3. The molecule has 3 N–H and O–H groups in total. The molecule has 0 aromatic heterocycles. The number of nitrogens with two attached hydrogens (primary N) is 1. The second kappa shape index (κ2) is 7.43. The molecule has 24 heavy (non-hydrogen) atoms.